The molecule has 0 aliphatic rings. The summed E-state index contributed by atoms with van der Waals surface area (Å²) in [5.74, 6) is 4.43. The summed E-state index contributed by atoms with van der Waals surface area (Å²) in [6.07, 6.45) is 0. The summed E-state index contributed by atoms with van der Waals surface area (Å²) in [5, 5.41) is 18.5. The number of hydrogen-bond donors (Lipinski definition) is 1. The third-order valence-corrected chi connectivity index (χ3v) is 1.22. The maximum absolute atomic E-state index is 10.4. The van der Waals surface area contributed by atoms with Gasteiger partial charge in [-0.1, -0.05) is 0 Å². The van der Waals surface area contributed by atoms with Crippen molar-refractivity contribution in [3.05, 3.63) is 21.6 Å². The Morgan fingerprint density at radius 2 is 2.38 bits per heavy atom. The van der Waals surface area contributed by atoms with E-state index in [1.54, 1.807) is 13.0 Å². The molecule has 6 heteroatoms. The molecule has 0 saturated heterocycles. The van der Waals surface area contributed by atoms with E-state index < -0.39 is 4.92 Å². The molecule has 1 aromatic rings. The molecule has 0 aromatic carbocycles. The summed E-state index contributed by atoms with van der Waals surface area (Å²) >= 11 is 0. The van der Waals surface area contributed by atoms with Gasteiger partial charge < -0.3 is 10.1 Å². The highest BCUT2D eigenvalue weighted by atomic mass is 16.6. The number of nitrogens with zero attached hydrogens (tertiary/aromatic N) is 3. The summed E-state index contributed by atoms with van der Waals surface area (Å²) in [6, 6.07) is 1.55. The first-order valence-electron chi connectivity index (χ1n) is 3.26. The van der Waals surface area contributed by atoms with Crippen LogP contribution in [0.5, 0.6) is 0 Å². The van der Waals surface area contributed by atoms with Gasteiger partial charge in [0.15, 0.2) is 11.9 Å². The Morgan fingerprint density at radius 3 is 2.92 bits per heavy atom. The predicted molar refractivity (Wildman–Crippen MR) is 42.5 cm³/mol. The maximum Gasteiger partial charge on any atom is 0.356 e. The molecule has 0 bridgehead atoms. The van der Waals surface area contributed by atoms with Gasteiger partial charge in [-0.15, -0.1) is 0 Å². The molecule has 1 rings (SSSR count). The van der Waals surface area contributed by atoms with E-state index in [1.807, 2.05) is 5.92 Å². The Kier molecular flexibility index (Phi) is 2.27. The largest absolute Gasteiger partial charge is 0.358 e. The molecule has 0 aliphatic heterocycles. The van der Waals surface area contributed by atoms with E-state index in [0.29, 0.717) is 5.82 Å². The zero-order valence-corrected chi connectivity index (χ0v) is 6.66. The molecule has 1 aromatic heterocycles. The van der Waals surface area contributed by atoms with Gasteiger partial charge in [-0.25, -0.2) is 4.98 Å². The van der Waals surface area contributed by atoms with Crippen molar-refractivity contribution in [3.8, 4) is 17.9 Å². The molecule has 0 unspecified atom stereocenters. The van der Waals surface area contributed by atoms with Crippen molar-refractivity contribution in [1.29, 1.82) is 5.26 Å². The standard InChI is InChI=1S/C7H4N4O2/c1-5-9-6(3-2-4-8)7(10-5)11(12)13/h1H3,(H,9,10). The lowest BCUT2D eigenvalue weighted by molar-refractivity contribution is -0.389. The number of hydrogen-bond acceptors (Lipinski definition) is 4. The fourth-order valence-electron chi connectivity index (χ4n) is 0.786. The number of nitro groups is 1. The monoisotopic (exact) mass is 176 g/mol. The van der Waals surface area contributed by atoms with Gasteiger partial charge in [0.05, 0.1) is 0 Å². The van der Waals surface area contributed by atoms with E-state index in [2.05, 4.69) is 15.9 Å². The summed E-state index contributed by atoms with van der Waals surface area (Å²) in [4.78, 5) is 15.9. The van der Waals surface area contributed by atoms with E-state index in [1.165, 1.54) is 0 Å². The second kappa shape index (κ2) is 3.37. The molecule has 0 fully saturated rings. The molecule has 13 heavy (non-hydrogen) atoms. The van der Waals surface area contributed by atoms with Gasteiger partial charge >= 0.3 is 5.82 Å². The van der Waals surface area contributed by atoms with Crippen LogP contribution >= 0.6 is 0 Å². The van der Waals surface area contributed by atoms with Crippen molar-refractivity contribution < 1.29 is 4.92 Å². The topological polar surface area (TPSA) is 95.6 Å². The number of H-pyrrole nitrogens is 1. The van der Waals surface area contributed by atoms with Crippen molar-refractivity contribution in [2.75, 3.05) is 0 Å². The van der Waals surface area contributed by atoms with Crippen LogP contribution in [0.25, 0.3) is 0 Å². The summed E-state index contributed by atoms with van der Waals surface area (Å²) in [6.45, 7) is 1.57. The molecule has 0 aliphatic carbocycles. The highest BCUT2D eigenvalue weighted by molar-refractivity contribution is 5.44. The summed E-state index contributed by atoms with van der Waals surface area (Å²) in [5.41, 5.74) is -0.0101. The molecule has 1 N–H and O–H groups in total. The third kappa shape index (κ3) is 1.82. The summed E-state index contributed by atoms with van der Waals surface area (Å²) in [7, 11) is 0. The highest BCUT2D eigenvalue weighted by Gasteiger charge is 2.15. The van der Waals surface area contributed by atoms with Crippen LogP contribution in [0.3, 0.4) is 0 Å². The number of rotatable bonds is 1. The quantitative estimate of drug-likeness (QED) is 0.383. The number of nitrogens with one attached hydrogen (secondary N) is 1. The number of imidazole rings is 1. The SMILES string of the molecule is Cc1nc(C#CC#N)c([N+](=O)[O-])[nH]1. The lowest BCUT2D eigenvalue weighted by Gasteiger charge is -1.87. The zero-order chi connectivity index (χ0) is 9.84. The first-order chi connectivity index (χ1) is 6.15. The lowest BCUT2D eigenvalue weighted by Crippen LogP contribution is -1.90. The van der Waals surface area contributed by atoms with Crippen LogP contribution < -0.4 is 0 Å². The smallest absolute Gasteiger partial charge is 0.356 e. The van der Waals surface area contributed by atoms with Gasteiger partial charge in [0.1, 0.15) is 0 Å². The number of nitriles is 1. The third-order valence-electron chi connectivity index (χ3n) is 1.22. The van der Waals surface area contributed by atoms with E-state index in [9.17, 15) is 10.1 Å². The molecule has 6 nitrogen and oxygen atoms in total. The molecule has 0 saturated carbocycles. The Morgan fingerprint density at radius 1 is 1.69 bits per heavy atom. The van der Waals surface area contributed by atoms with Crippen molar-refractivity contribution in [2.24, 2.45) is 0 Å². The van der Waals surface area contributed by atoms with Crippen LogP contribution in [0.2, 0.25) is 0 Å². The van der Waals surface area contributed by atoms with Gasteiger partial charge in [-0.3, -0.25) is 0 Å². The Bertz CT molecular complexity index is 443. The number of aromatic nitrogens is 2. The highest BCUT2D eigenvalue weighted by Crippen LogP contribution is 2.12. The molecule has 0 spiro atoms. The fraction of sp³-hybridized carbons (Fsp3) is 0.143. The summed E-state index contributed by atoms with van der Waals surface area (Å²) < 4.78 is 0. The molecular formula is C7H4N4O2. The first-order valence-corrected chi connectivity index (χ1v) is 3.26. The van der Waals surface area contributed by atoms with Crippen LogP contribution in [0.15, 0.2) is 0 Å². The van der Waals surface area contributed by atoms with Crippen molar-refractivity contribution in [1.82, 2.24) is 9.97 Å². The average molecular weight is 176 g/mol. The minimum atomic E-state index is -0.624. The van der Waals surface area contributed by atoms with Gasteiger partial charge in [0.2, 0.25) is 5.69 Å². The normalized spacial score (nSPS) is 8.31. The van der Waals surface area contributed by atoms with Gasteiger partial charge in [0.25, 0.3) is 0 Å². The molecule has 0 atom stereocenters. The molecular weight excluding hydrogens is 172 g/mol. The zero-order valence-electron chi connectivity index (χ0n) is 6.66. The van der Waals surface area contributed by atoms with Crippen LogP contribution in [0.1, 0.15) is 11.5 Å². The van der Waals surface area contributed by atoms with Crippen molar-refractivity contribution in [2.45, 2.75) is 6.92 Å². The van der Waals surface area contributed by atoms with Crippen LogP contribution in [0.4, 0.5) is 5.82 Å². The Hall–Kier alpha value is -2.34. The maximum atomic E-state index is 10.4. The van der Waals surface area contributed by atoms with E-state index >= 15 is 0 Å². The minimum absolute atomic E-state index is 0.0101. The van der Waals surface area contributed by atoms with Crippen LogP contribution in [-0.2, 0) is 0 Å². The van der Waals surface area contributed by atoms with Gasteiger partial charge in [-0.05, 0) is 10.8 Å². The van der Waals surface area contributed by atoms with E-state index in [0.717, 1.165) is 0 Å². The van der Waals surface area contributed by atoms with E-state index in [4.69, 9.17) is 5.26 Å². The molecule has 0 radical (unpaired) electrons. The van der Waals surface area contributed by atoms with Gasteiger partial charge in [0, 0.05) is 12.8 Å². The Balaban J connectivity index is 3.21. The fourth-order valence-corrected chi connectivity index (χ4v) is 0.786. The first kappa shape index (κ1) is 8.75. The second-order valence-electron chi connectivity index (χ2n) is 2.14. The minimum Gasteiger partial charge on any atom is -0.358 e. The molecule has 1 heterocycles. The van der Waals surface area contributed by atoms with Crippen LogP contribution in [-0.4, -0.2) is 14.9 Å². The van der Waals surface area contributed by atoms with Crippen molar-refractivity contribution >= 4 is 5.82 Å². The predicted octanol–water partition coefficient (Wildman–Crippen LogP) is 0.501. The average Bonchev–Trinajstić information content (AvgIpc) is 2.43. The van der Waals surface area contributed by atoms with Crippen molar-refractivity contribution in [3.63, 3.8) is 0 Å². The van der Waals surface area contributed by atoms with Crippen LogP contribution in [0, 0.1) is 40.2 Å². The van der Waals surface area contributed by atoms with E-state index in [-0.39, 0.29) is 11.5 Å². The van der Waals surface area contributed by atoms with Gasteiger partial charge in [-0.2, -0.15) is 10.2 Å². The number of aromatic amines is 1. The Labute approximate surface area is 73.4 Å². The number of aryl methyl sites for hydroxylation is 1. The second-order valence-corrected chi connectivity index (χ2v) is 2.14. The lowest BCUT2D eigenvalue weighted by atomic mass is 10.4. The molecule has 64 valence electrons. The molecule has 0 amide bonds.